The molecule has 4 heteroatoms. The van der Waals surface area contributed by atoms with E-state index in [2.05, 4.69) is 4.98 Å². The molecule has 0 spiro atoms. The monoisotopic (exact) mass is 167 g/mol. The normalized spacial score (nSPS) is 9.55. The highest BCUT2D eigenvalue weighted by Gasteiger charge is 2.01. The van der Waals surface area contributed by atoms with Crippen molar-refractivity contribution in [3.8, 4) is 0 Å². The Balaban J connectivity index is 3.20. The molecule has 0 saturated carbocycles. The smallest absolute Gasteiger partial charge is 0.123 e. The van der Waals surface area contributed by atoms with Gasteiger partial charge in [0, 0.05) is 11.3 Å². The highest BCUT2D eigenvalue weighted by Crippen LogP contribution is 2.06. The zero-order valence-corrected chi connectivity index (χ0v) is 6.98. The van der Waals surface area contributed by atoms with Crippen LogP contribution < -0.4 is 11.5 Å². The quantitative estimate of drug-likeness (QED) is 0.601. The Labute approximate surface area is 70.4 Å². The molecule has 1 heterocycles. The Bertz CT molecular complexity index is 296. The molecule has 0 radical (unpaired) electrons. The Morgan fingerprint density at radius 1 is 1.55 bits per heavy atom. The molecular formula is C7H9N3S. The third-order valence-electron chi connectivity index (χ3n) is 1.37. The van der Waals surface area contributed by atoms with Crippen molar-refractivity contribution in [3.63, 3.8) is 0 Å². The molecule has 0 aliphatic carbocycles. The first-order valence-corrected chi connectivity index (χ1v) is 3.55. The zero-order chi connectivity index (χ0) is 8.43. The van der Waals surface area contributed by atoms with E-state index in [1.54, 1.807) is 12.1 Å². The maximum Gasteiger partial charge on any atom is 0.123 e. The standard InChI is InChI=1S/C7H9N3S/c1-4-5(7(9)11)2-3-6(8)10-4/h2-3H,1H3,(H2,8,10)(H2,9,11). The van der Waals surface area contributed by atoms with Crippen LogP contribution in [0.2, 0.25) is 0 Å². The fraction of sp³-hybridized carbons (Fsp3) is 0.143. The molecule has 0 unspecified atom stereocenters. The second-order valence-electron chi connectivity index (χ2n) is 2.23. The van der Waals surface area contributed by atoms with Gasteiger partial charge in [-0.25, -0.2) is 4.98 Å². The molecule has 0 atom stereocenters. The van der Waals surface area contributed by atoms with Crippen LogP contribution in [0.3, 0.4) is 0 Å². The van der Waals surface area contributed by atoms with Crippen molar-refractivity contribution in [3.05, 3.63) is 23.4 Å². The van der Waals surface area contributed by atoms with Crippen LogP contribution in [0, 0.1) is 6.92 Å². The molecule has 1 rings (SSSR count). The van der Waals surface area contributed by atoms with Crippen LogP contribution in [-0.4, -0.2) is 9.97 Å². The first kappa shape index (κ1) is 7.94. The summed E-state index contributed by atoms with van der Waals surface area (Å²) in [5.41, 5.74) is 12.4. The van der Waals surface area contributed by atoms with E-state index in [9.17, 15) is 0 Å². The summed E-state index contributed by atoms with van der Waals surface area (Å²) in [6.07, 6.45) is 0. The molecule has 0 amide bonds. The van der Waals surface area contributed by atoms with Crippen molar-refractivity contribution >= 4 is 23.0 Å². The summed E-state index contributed by atoms with van der Waals surface area (Å²) in [6.45, 7) is 1.82. The van der Waals surface area contributed by atoms with Crippen molar-refractivity contribution in [2.45, 2.75) is 6.92 Å². The number of rotatable bonds is 1. The largest absolute Gasteiger partial charge is 0.389 e. The van der Waals surface area contributed by atoms with Crippen molar-refractivity contribution in [1.82, 2.24) is 4.98 Å². The van der Waals surface area contributed by atoms with Crippen LogP contribution in [0.1, 0.15) is 11.3 Å². The Hall–Kier alpha value is -1.16. The van der Waals surface area contributed by atoms with Crippen molar-refractivity contribution < 1.29 is 0 Å². The fourth-order valence-corrected chi connectivity index (χ4v) is 1.06. The van der Waals surface area contributed by atoms with E-state index in [1.807, 2.05) is 6.92 Å². The second kappa shape index (κ2) is 2.84. The highest BCUT2D eigenvalue weighted by molar-refractivity contribution is 7.80. The molecule has 3 nitrogen and oxygen atoms in total. The Morgan fingerprint density at radius 2 is 2.18 bits per heavy atom. The molecular weight excluding hydrogens is 158 g/mol. The number of hydrogen-bond acceptors (Lipinski definition) is 3. The van der Waals surface area contributed by atoms with Gasteiger partial charge in [0.15, 0.2) is 0 Å². The molecule has 1 aromatic rings. The summed E-state index contributed by atoms with van der Waals surface area (Å²) in [6, 6.07) is 3.46. The number of thiocarbonyl (C=S) groups is 1. The maximum atomic E-state index is 5.43. The molecule has 58 valence electrons. The van der Waals surface area contributed by atoms with Gasteiger partial charge in [-0.3, -0.25) is 0 Å². The fourth-order valence-electron chi connectivity index (χ4n) is 0.841. The minimum atomic E-state index is 0.356. The molecule has 0 fully saturated rings. The van der Waals surface area contributed by atoms with Crippen LogP contribution in [0.25, 0.3) is 0 Å². The van der Waals surface area contributed by atoms with E-state index in [0.29, 0.717) is 10.8 Å². The minimum absolute atomic E-state index is 0.356. The number of hydrogen-bond donors (Lipinski definition) is 2. The molecule has 0 aliphatic heterocycles. The topological polar surface area (TPSA) is 64.9 Å². The number of nitrogens with two attached hydrogens (primary N) is 2. The Morgan fingerprint density at radius 3 is 2.64 bits per heavy atom. The lowest BCUT2D eigenvalue weighted by Crippen LogP contribution is -2.12. The lowest BCUT2D eigenvalue weighted by atomic mass is 10.2. The van der Waals surface area contributed by atoms with Gasteiger partial charge in [-0.1, -0.05) is 12.2 Å². The van der Waals surface area contributed by atoms with E-state index in [4.69, 9.17) is 23.7 Å². The second-order valence-corrected chi connectivity index (χ2v) is 2.67. The van der Waals surface area contributed by atoms with Gasteiger partial charge in [-0.05, 0) is 19.1 Å². The zero-order valence-electron chi connectivity index (χ0n) is 6.16. The molecule has 0 bridgehead atoms. The minimum Gasteiger partial charge on any atom is -0.389 e. The summed E-state index contributed by atoms with van der Waals surface area (Å²) < 4.78 is 0. The lowest BCUT2D eigenvalue weighted by molar-refractivity contribution is 1.20. The van der Waals surface area contributed by atoms with Crippen molar-refractivity contribution in [2.24, 2.45) is 5.73 Å². The van der Waals surface area contributed by atoms with Crippen LogP contribution in [0.5, 0.6) is 0 Å². The van der Waals surface area contributed by atoms with Crippen LogP contribution in [0.15, 0.2) is 12.1 Å². The summed E-state index contributed by atoms with van der Waals surface area (Å²) >= 11 is 4.79. The van der Waals surface area contributed by atoms with Gasteiger partial charge in [0.1, 0.15) is 10.8 Å². The van der Waals surface area contributed by atoms with E-state index in [0.717, 1.165) is 11.3 Å². The maximum absolute atomic E-state index is 5.43. The van der Waals surface area contributed by atoms with Gasteiger partial charge in [0.05, 0.1) is 0 Å². The highest BCUT2D eigenvalue weighted by atomic mass is 32.1. The molecule has 4 N–H and O–H groups in total. The number of aromatic nitrogens is 1. The molecule has 0 aliphatic rings. The van der Waals surface area contributed by atoms with E-state index < -0.39 is 0 Å². The van der Waals surface area contributed by atoms with E-state index in [1.165, 1.54) is 0 Å². The number of anilines is 1. The predicted molar refractivity (Wildman–Crippen MR) is 49.3 cm³/mol. The van der Waals surface area contributed by atoms with Crippen molar-refractivity contribution in [1.29, 1.82) is 0 Å². The average molecular weight is 167 g/mol. The van der Waals surface area contributed by atoms with Gasteiger partial charge in [-0.2, -0.15) is 0 Å². The van der Waals surface area contributed by atoms with Gasteiger partial charge in [-0.15, -0.1) is 0 Å². The van der Waals surface area contributed by atoms with Crippen LogP contribution in [0.4, 0.5) is 5.82 Å². The van der Waals surface area contributed by atoms with E-state index in [-0.39, 0.29) is 0 Å². The lowest BCUT2D eigenvalue weighted by Gasteiger charge is -2.02. The van der Waals surface area contributed by atoms with Crippen molar-refractivity contribution in [2.75, 3.05) is 5.73 Å². The summed E-state index contributed by atoms with van der Waals surface area (Å²) in [7, 11) is 0. The van der Waals surface area contributed by atoms with Gasteiger partial charge >= 0.3 is 0 Å². The van der Waals surface area contributed by atoms with Gasteiger partial charge < -0.3 is 11.5 Å². The summed E-state index contributed by atoms with van der Waals surface area (Å²) in [5.74, 6) is 0.488. The summed E-state index contributed by atoms with van der Waals surface area (Å²) in [4.78, 5) is 4.36. The first-order chi connectivity index (χ1) is 5.11. The van der Waals surface area contributed by atoms with E-state index >= 15 is 0 Å². The predicted octanol–water partition coefficient (Wildman–Crippen LogP) is 0.606. The van der Waals surface area contributed by atoms with Gasteiger partial charge in [0.25, 0.3) is 0 Å². The molecule has 1 aromatic heterocycles. The number of nitrogen functional groups attached to an aromatic ring is 1. The number of aryl methyl sites for hydroxylation is 1. The van der Waals surface area contributed by atoms with Crippen LogP contribution >= 0.6 is 12.2 Å². The molecule has 11 heavy (non-hydrogen) atoms. The average Bonchev–Trinajstić information content (AvgIpc) is 1.85. The van der Waals surface area contributed by atoms with Gasteiger partial charge in [0.2, 0.25) is 0 Å². The molecule has 0 saturated heterocycles. The van der Waals surface area contributed by atoms with Crippen LogP contribution in [-0.2, 0) is 0 Å². The summed E-state index contributed by atoms with van der Waals surface area (Å²) in [5, 5.41) is 0. The SMILES string of the molecule is Cc1nc(N)ccc1C(N)=S. The third kappa shape index (κ3) is 1.65. The Kier molecular flexibility index (Phi) is 2.05. The third-order valence-corrected chi connectivity index (χ3v) is 1.59. The number of nitrogens with zero attached hydrogens (tertiary/aromatic N) is 1. The number of pyridine rings is 1. The molecule has 0 aromatic carbocycles. The first-order valence-electron chi connectivity index (χ1n) is 3.14.